The molecule has 1 fully saturated rings. The standard InChI is InChI=1S/C14H24N2O2S2/c1-3-5-11(4-2)16-20(17,18)14-8-9-19-13(14)10-15-12-6-7-12/h8-9,11-12,15-16H,3-7,10H2,1-2H3. The summed E-state index contributed by atoms with van der Waals surface area (Å²) in [6.07, 6.45) is 5.11. The minimum Gasteiger partial charge on any atom is -0.309 e. The zero-order chi connectivity index (χ0) is 14.6. The van der Waals surface area contributed by atoms with E-state index in [0.717, 1.165) is 24.1 Å². The van der Waals surface area contributed by atoms with E-state index in [4.69, 9.17) is 0 Å². The average Bonchev–Trinajstić information content (AvgIpc) is 3.11. The fraction of sp³-hybridized carbons (Fsp3) is 0.714. The Morgan fingerprint density at radius 2 is 2.15 bits per heavy atom. The van der Waals surface area contributed by atoms with Crippen molar-refractivity contribution in [3.63, 3.8) is 0 Å². The van der Waals surface area contributed by atoms with E-state index in [1.54, 1.807) is 6.07 Å². The Kier molecular flexibility index (Phi) is 5.60. The molecule has 1 aliphatic rings. The van der Waals surface area contributed by atoms with Gasteiger partial charge in [-0.15, -0.1) is 11.3 Å². The quantitative estimate of drug-likeness (QED) is 0.736. The molecule has 20 heavy (non-hydrogen) atoms. The van der Waals surface area contributed by atoms with Crippen LogP contribution in [0.4, 0.5) is 0 Å². The molecule has 0 bridgehead atoms. The molecule has 114 valence electrons. The van der Waals surface area contributed by atoms with E-state index in [1.165, 1.54) is 24.2 Å². The summed E-state index contributed by atoms with van der Waals surface area (Å²) >= 11 is 1.51. The van der Waals surface area contributed by atoms with Crippen LogP contribution in [0.25, 0.3) is 0 Å². The Balaban J connectivity index is 2.05. The fourth-order valence-electron chi connectivity index (χ4n) is 2.20. The van der Waals surface area contributed by atoms with Gasteiger partial charge in [-0.25, -0.2) is 13.1 Å². The summed E-state index contributed by atoms with van der Waals surface area (Å²) in [6, 6.07) is 2.34. The second-order valence-electron chi connectivity index (χ2n) is 5.38. The summed E-state index contributed by atoms with van der Waals surface area (Å²) in [6.45, 7) is 4.75. The lowest BCUT2D eigenvalue weighted by Crippen LogP contribution is -2.34. The van der Waals surface area contributed by atoms with Gasteiger partial charge in [0, 0.05) is 23.5 Å². The highest BCUT2D eigenvalue weighted by molar-refractivity contribution is 7.89. The lowest BCUT2D eigenvalue weighted by atomic mass is 10.1. The van der Waals surface area contributed by atoms with Gasteiger partial charge in [0.2, 0.25) is 10.0 Å². The molecule has 2 rings (SSSR count). The smallest absolute Gasteiger partial charge is 0.241 e. The summed E-state index contributed by atoms with van der Waals surface area (Å²) in [7, 11) is -3.39. The number of nitrogens with one attached hydrogen (secondary N) is 2. The van der Waals surface area contributed by atoms with Crippen LogP contribution in [0, 0.1) is 0 Å². The number of hydrogen-bond donors (Lipinski definition) is 2. The van der Waals surface area contributed by atoms with Crippen LogP contribution in [-0.2, 0) is 16.6 Å². The SMILES string of the molecule is CCCC(CC)NS(=O)(=O)c1ccsc1CNC1CC1. The first-order valence-corrected chi connectivity index (χ1v) is 9.75. The van der Waals surface area contributed by atoms with Crippen LogP contribution < -0.4 is 10.0 Å². The molecular formula is C14H24N2O2S2. The molecule has 1 atom stereocenters. The molecule has 0 saturated heterocycles. The predicted octanol–water partition coefficient (Wildman–Crippen LogP) is 2.86. The molecule has 1 unspecified atom stereocenters. The topological polar surface area (TPSA) is 58.2 Å². The maximum atomic E-state index is 12.5. The van der Waals surface area contributed by atoms with Crippen molar-refractivity contribution in [1.82, 2.24) is 10.0 Å². The normalized spacial score (nSPS) is 17.3. The second-order valence-corrected chi connectivity index (χ2v) is 8.06. The van der Waals surface area contributed by atoms with Gasteiger partial charge in [0.05, 0.1) is 4.90 Å². The fourth-order valence-corrected chi connectivity index (χ4v) is 4.95. The van der Waals surface area contributed by atoms with E-state index < -0.39 is 10.0 Å². The monoisotopic (exact) mass is 316 g/mol. The number of rotatable bonds is 9. The molecule has 0 amide bonds. The van der Waals surface area contributed by atoms with Crippen LogP contribution in [0.15, 0.2) is 16.3 Å². The van der Waals surface area contributed by atoms with Gasteiger partial charge in [-0.05, 0) is 37.1 Å². The Bertz CT molecular complexity index is 521. The van der Waals surface area contributed by atoms with Gasteiger partial charge < -0.3 is 5.32 Å². The molecule has 1 aliphatic carbocycles. The zero-order valence-electron chi connectivity index (χ0n) is 12.2. The molecule has 6 heteroatoms. The zero-order valence-corrected chi connectivity index (χ0v) is 13.8. The van der Waals surface area contributed by atoms with E-state index in [-0.39, 0.29) is 6.04 Å². The molecule has 1 saturated carbocycles. The van der Waals surface area contributed by atoms with Gasteiger partial charge in [0.1, 0.15) is 0 Å². The van der Waals surface area contributed by atoms with Gasteiger partial charge >= 0.3 is 0 Å². The van der Waals surface area contributed by atoms with Crippen molar-refractivity contribution in [2.45, 2.75) is 69.5 Å². The van der Waals surface area contributed by atoms with E-state index in [2.05, 4.69) is 17.0 Å². The molecule has 1 aromatic heterocycles. The molecule has 1 aromatic rings. The lowest BCUT2D eigenvalue weighted by Gasteiger charge is -2.16. The Morgan fingerprint density at radius 3 is 2.75 bits per heavy atom. The van der Waals surface area contributed by atoms with Crippen molar-refractivity contribution in [1.29, 1.82) is 0 Å². The second kappa shape index (κ2) is 7.02. The molecule has 0 aliphatic heterocycles. The minimum absolute atomic E-state index is 0.0362. The van der Waals surface area contributed by atoms with Crippen LogP contribution in [0.5, 0.6) is 0 Å². The third kappa shape index (κ3) is 4.28. The summed E-state index contributed by atoms with van der Waals surface area (Å²) in [5.41, 5.74) is 0. The molecule has 0 radical (unpaired) electrons. The summed E-state index contributed by atoms with van der Waals surface area (Å²) in [5, 5.41) is 5.24. The first-order valence-electron chi connectivity index (χ1n) is 7.39. The van der Waals surface area contributed by atoms with Crippen molar-refractivity contribution in [3.05, 3.63) is 16.3 Å². The summed E-state index contributed by atoms with van der Waals surface area (Å²) in [5.74, 6) is 0. The van der Waals surface area contributed by atoms with E-state index in [0.29, 0.717) is 17.5 Å². The highest BCUT2D eigenvalue weighted by Gasteiger charge is 2.25. The van der Waals surface area contributed by atoms with E-state index in [1.807, 2.05) is 12.3 Å². The molecule has 4 nitrogen and oxygen atoms in total. The highest BCUT2D eigenvalue weighted by Crippen LogP contribution is 2.25. The van der Waals surface area contributed by atoms with Crippen LogP contribution in [0.1, 0.15) is 50.8 Å². The Hall–Kier alpha value is -0.430. The third-order valence-corrected chi connectivity index (χ3v) is 6.23. The molecule has 0 aromatic carbocycles. The first-order chi connectivity index (χ1) is 9.56. The van der Waals surface area contributed by atoms with Gasteiger partial charge in [-0.3, -0.25) is 0 Å². The minimum atomic E-state index is -3.39. The van der Waals surface area contributed by atoms with Crippen molar-refractivity contribution >= 4 is 21.4 Å². The molecule has 0 spiro atoms. The van der Waals surface area contributed by atoms with Crippen molar-refractivity contribution < 1.29 is 8.42 Å². The van der Waals surface area contributed by atoms with Crippen LogP contribution in [0.3, 0.4) is 0 Å². The largest absolute Gasteiger partial charge is 0.309 e. The van der Waals surface area contributed by atoms with Crippen molar-refractivity contribution in [2.24, 2.45) is 0 Å². The maximum absolute atomic E-state index is 12.5. The van der Waals surface area contributed by atoms with Gasteiger partial charge in [0.15, 0.2) is 0 Å². The number of sulfonamides is 1. The summed E-state index contributed by atoms with van der Waals surface area (Å²) < 4.78 is 27.8. The third-order valence-electron chi connectivity index (χ3n) is 3.57. The van der Waals surface area contributed by atoms with Crippen LogP contribution in [0.2, 0.25) is 0 Å². The van der Waals surface area contributed by atoms with Gasteiger partial charge in [-0.1, -0.05) is 20.3 Å². The molecular weight excluding hydrogens is 292 g/mol. The van der Waals surface area contributed by atoms with Gasteiger partial charge in [0.25, 0.3) is 0 Å². The first kappa shape index (κ1) is 15.9. The maximum Gasteiger partial charge on any atom is 0.241 e. The van der Waals surface area contributed by atoms with Crippen LogP contribution in [-0.4, -0.2) is 20.5 Å². The summed E-state index contributed by atoms with van der Waals surface area (Å²) in [4.78, 5) is 1.36. The predicted molar refractivity (Wildman–Crippen MR) is 83.5 cm³/mol. The highest BCUT2D eigenvalue weighted by atomic mass is 32.2. The molecule has 2 N–H and O–H groups in total. The van der Waals surface area contributed by atoms with Crippen LogP contribution >= 0.6 is 11.3 Å². The lowest BCUT2D eigenvalue weighted by molar-refractivity contribution is 0.512. The average molecular weight is 316 g/mol. The Labute approximate surface area is 126 Å². The van der Waals surface area contributed by atoms with E-state index >= 15 is 0 Å². The van der Waals surface area contributed by atoms with Crippen molar-refractivity contribution in [3.8, 4) is 0 Å². The number of hydrogen-bond acceptors (Lipinski definition) is 4. The molecule has 1 heterocycles. The van der Waals surface area contributed by atoms with Crippen molar-refractivity contribution in [2.75, 3.05) is 0 Å². The van der Waals surface area contributed by atoms with Gasteiger partial charge in [-0.2, -0.15) is 0 Å². The number of thiophene rings is 1. The van der Waals surface area contributed by atoms with E-state index in [9.17, 15) is 8.42 Å². The Morgan fingerprint density at radius 1 is 1.40 bits per heavy atom.